The predicted molar refractivity (Wildman–Crippen MR) is 78.1 cm³/mol. The molecule has 110 valence electrons. The Kier molecular flexibility index (Phi) is 5.98. The highest BCUT2D eigenvalue weighted by atomic mass is 16.5. The first kappa shape index (κ1) is 15.0. The molecule has 0 spiro atoms. The Balaban J connectivity index is 1.75. The summed E-state index contributed by atoms with van der Waals surface area (Å²) in [4.78, 5) is 13.8. The van der Waals surface area contributed by atoms with Crippen molar-refractivity contribution in [1.82, 2.24) is 10.2 Å². The van der Waals surface area contributed by atoms with Gasteiger partial charge in [0.1, 0.15) is 0 Å². The normalized spacial score (nSPS) is 19.8. The monoisotopic (exact) mass is 277 g/mol. The molecule has 5 nitrogen and oxygen atoms in total. The maximum atomic E-state index is 11.4. The molecule has 1 unspecified atom stereocenters. The van der Waals surface area contributed by atoms with Crippen LogP contribution in [0, 0.1) is 0 Å². The maximum absolute atomic E-state index is 11.4. The highest BCUT2D eigenvalue weighted by Gasteiger charge is 2.20. The van der Waals surface area contributed by atoms with E-state index in [-0.39, 0.29) is 12.0 Å². The lowest BCUT2D eigenvalue weighted by atomic mass is 10.2. The molecule has 1 atom stereocenters. The predicted octanol–water partition coefficient (Wildman–Crippen LogP) is 0.352. The Morgan fingerprint density at radius 3 is 2.95 bits per heavy atom. The summed E-state index contributed by atoms with van der Waals surface area (Å²) in [5.74, 6) is -0.00344. The highest BCUT2D eigenvalue weighted by molar-refractivity contribution is 5.76. The van der Waals surface area contributed by atoms with Gasteiger partial charge in [-0.05, 0) is 5.56 Å². The molecule has 1 aromatic rings. The third-order valence-electron chi connectivity index (χ3n) is 3.37. The van der Waals surface area contributed by atoms with Gasteiger partial charge in [-0.2, -0.15) is 0 Å². The van der Waals surface area contributed by atoms with Crippen molar-refractivity contribution in [1.29, 1.82) is 0 Å². The van der Waals surface area contributed by atoms with Gasteiger partial charge in [-0.1, -0.05) is 30.3 Å². The summed E-state index contributed by atoms with van der Waals surface area (Å²) >= 11 is 0. The Morgan fingerprint density at radius 2 is 2.20 bits per heavy atom. The van der Waals surface area contributed by atoms with Crippen molar-refractivity contribution in [3.05, 3.63) is 35.9 Å². The van der Waals surface area contributed by atoms with Crippen LogP contribution in [-0.2, 0) is 16.1 Å². The Morgan fingerprint density at radius 1 is 1.40 bits per heavy atom. The van der Waals surface area contributed by atoms with Crippen molar-refractivity contribution >= 4 is 5.91 Å². The second kappa shape index (κ2) is 7.99. The van der Waals surface area contributed by atoms with Crippen LogP contribution < -0.4 is 11.1 Å². The number of morpholine rings is 1. The molecule has 1 aliphatic rings. The molecule has 20 heavy (non-hydrogen) atoms. The van der Waals surface area contributed by atoms with Crippen LogP contribution in [0.1, 0.15) is 12.0 Å². The second-order valence-electron chi connectivity index (χ2n) is 5.06. The summed E-state index contributed by atoms with van der Waals surface area (Å²) in [6.45, 7) is 4.36. The van der Waals surface area contributed by atoms with Crippen LogP contribution >= 0.6 is 0 Å². The fraction of sp³-hybridized carbons (Fsp3) is 0.533. The summed E-state index contributed by atoms with van der Waals surface area (Å²) in [5, 5.41) is 2.87. The summed E-state index contributed by atoms with van der Waals surface area (Å²) in [7, 11) is 0. The van der Waals surface area contributed by atoms with Crippen molar-refractivity contribution in [2.75, 3.05) is 32.8 Å². The number of hydrogen-bond acceptors (Lipinski definition) is 4. The first-order chi connectivity index (χ1) is 9.78. The van der Waals surface area contributed by atoms with E-state index in [4.69, 9.17) is 10.5 Å². The molecule has 3 N–H and O–H groups in total. The minimum Gasteiger partial charge on any atom is -0.374 e. The minimum atomic E-state index is -0.00344. The number of amides is 1. The fourth-order valence-electron chi connectivity index (χ4n) is 2.34. The third kappa shape index (κ3) is 4.92. The maximum Gasteiger partial charge on any atom is 0.221 e. The number of nitrogens with two attached hydrogens (primary N) is 1. The average molecular weight is 277 g/mol. The topological polar surface area (TPSA) is 67.6 Å². The lowest BCUT2D eigenvalue weighted by Gasteiger charge is -2.33. The van der Waals surface area contributed by atoms with E-state index in [1.165, 1.54) is 5.56 Å². The van der Waals surface area contributed by atoms with Crippen LogP contribution in [0.25, 0.3) is 0 Å². The summed E-state index contributed by atoms with van der Waals surface area (Å²) in [6, 6.07) is 10.4. The van der Waals surface area contributed by atoms with E-state index < -0.39 is 0 Å². The molecule has 1 aromatic carbocycles. The number of hydrogen-bond donors (Lipinski definition) is 2. The van der Waals surface area contributed by atoms with Crippen LogP contribution in [0.2, 0.25) is 0 Å². The third-order valence-corrected chi connectivity index (χ3v) is 3.37. The second-order valence-corrected chi connectivity index (χ2v) is 5.06. The van der Waals surface area contributed by atoms with Gasteiger partial charge in [0.25, 0.3) is 0 Å². The van der Waals surface area contributed by atoms with Gasteiger partial charge >= 0.3 is 0 Å². The fourth-order valence-corrected chi connectivity index (χ4v) is 2.34. The SMILES string of the molecule is NCCC(=O)NCC1CN(Cc2ccccc2)CCO1. The average Bonchev–Trinajstić information content (AvgIpc) is 2.47. The van der Waals surface area contributed by atoms with Gasteiger partial charge in [-0.15, -0.1) is 0 Å². The first-order valence-electron chi connectivity index (χ1n) is 7.12. The summed E-state index contributed by atoms with van der Waals surface area (Å²) in [5.41, 5.74) is 6.65. The molecule has 1 fully saturated rings. The largest absolute Gasteiger partial charge is 0.374 e. The Hall–Kier alpha value is -1.43. The molecule has 1 amide bonds. The van der Waals surface area contributed by atoms with E-state index in [0.29, 0.717) is 26.1 Å². The molecule has 0 aliphatic carbocycles. The number of ether oxygens (including phenoxy) is 1. The lowest BCUT2D eigenvalue weighted by molar-refractivity contribution is -0.122. The van der Waals surface area contributed by atoms with E-state index in [1.54, 1.807) is 0 Å². The number of rotatable bonds is 6. The number of benzene rings is 1. The smallest absolute Gasteiger partial charge is 0.221 e. The molecule has 1 heterocycles. The van der Waals surface area contributed by atoms with Gasteiger partial charge in [-0.25, -0.2) is 0 Å². The molecular weight excluding hydrogens is 254 g/mol. The van der Waals surface area contributed by atoms with Gasteiger partial charge in [0.05, 0.1) is 12.7 Å². The van der Waals surface area contributed by atoms with Gasteiger partial charge in [-0.3, -0.25) is 9.69 Å². The van der Waals surface area contributed by atoms with Crippen molar-refractivity contribution in [2.45, 2.75) is 19.1 Å². The van der Waals surface area contributed by atoms with Gasteiger partial charge in [0.2, 0.25) is 5.91 Å². The van der Waals surface area contributed by atoms with Gasteiger partial charge in [0, 0.05) is 39.1 Å². The van der Waals surface area contributed by atoms with E-state index in [1.807, 2.05) is 6.07 Å². The van der Waals surface area contributed by atoms with Gasteiger partial charge < -0.3 is 15.8 Å². The van der Waals surface area contributed by atoms with Crippen molar-refractivity contribution in [3.8, 4) is 0 Å². The molecule has 0 aromatic heterocycles. The van der Waals surface area contributed by atoms with E-state index in [9.17, 15) is 4.79 Å². The lowest BCUT2D eigenvalue weighted by Crippen LogP contribution is -2.47. The zero-order valence-corrected chi connectivity index (χ0v) is 11.8. The molecule has 0 bridgehead atoms. The van der Waals surface area contributed by atoms with Crippen LogP contribution in [0.15, 0.2) is 30.3 Å². The highest BCUT2D eigenvalue weighted by Crippen LogP contribution is 2.10. The molecule has 5 heteroatoms. The Labute approximate surface area is 120 Å². The molecular formula is C15H23N3O2. The van der Waals surface area contributed by atoms with Crippen LogP contribution in [0.3, 0.4) is 0 Å². The van der Waals surface area contributed by atoms with E-state index in [2.05, 4.69) is 34.5 Å². The molecule has 1 saturated heterocycles. The standard InChI is InChI=1S/C15H23N3O2/c16-7-6-15(19)17-10-14-12-18(8-9-20-14)11-13-4-2-1-3-5-13/h1-5,14H,6-12,16H2,(H,17,19). The molecule has 1 aliphatic heterocycles. The number of carbonyl (C=O) groups excluding carboxylic acids is 1. The van der Waals surface area contributed by atoms with E-state index in [0.717, 1.165) is 19.6 Å². The first-order valence-corrected chi connectivity index (χ1v) is 7.12. The number of nitrogens with one attached hydrogen (secondary N) is 1. The number of carbonyl (C=O) groups is 1. The summed E-state index contributed by atoms with van der Waals surface area (Å²) < 4.78 is 5.69. The van der Waals surface area contributed by atoms with Crippen molar-refractivity contribution in [2.24, 2.45) is 5.73 Å². The Bertz CT molecular complexity index is 411. The molecule has 0 radical (unpaired) electrons. The van der Waals surface area contributed by atoms with Crippen LogP contribution in [-0.4, -0.2) is 49.7 Å². The van der Waals surface area contributed by atoms with Crippen LogP contribution in [0.4, 0.5) is 0 Å². The zero-order valence-electron chi connectivity index (χ0n) is 11.8. The number of nitrogens with zero attached hydrogens (tertiary/aromatic N) is 1. The quantitative estimate of drug-likeness (QED) is 0.787. The van der Waals surface area contributed by atoms with Crippen molar-refractivity contribution < 1.29 is 9.53 Å². The van der Waals surface area contributed by atoms with E-state index >= 15 is 0 Å². The zero-order chi connectivity index (χ0) is 14.2. The van der Waals surface area contributed by atoms with Gasteiger partial charge in [0.15, 0.2) is 0 Å². The van der Waals surface area contributed by atoms with Crippen LogP contribution in [0.5, 0.6) is 0 Å². The molecule has 2 rings (SSSR count). The molecule has 0 saturated carbocycles. The summed E-state index contributed by atoms with van der Waals surface area (Å²) in [6.07, 6.45) is 0.440. The van der Waals surface area contributed by atoms with Crippen molar-refractivity contribution in [3.63, 3.8) is 0 Å². The minimum absolute atomic E-state index is 0.00344.